The lowest BCUT2D eigenvalue weighted by atomic mass is 9.99. The number of rotatable bonds is 24. The van der Waals surface area contributed by atoms with Crippen LogP contribution in [-0.4, -0.2) is 110 Å². The van der Waals surface area contributed by atoms with E-state index in [-0.39, 0.29) is 12.8 Å². The highest BCUT2D eigenvalue weighted by atomic mass is 16.7. The molecular weight excluding hydrogens is 558 g/mol. The van der Waals surface area contributed by atoms with Gasteiger partial charge in [0.1, 0.15) is 36.6 Å². The van der Waals surface area contributed by atoms with E-state index in [4.69, 9.17) is 9.47 Å². The molecule has 1 saturated heterocycles. The van der Waals surface area contributed by atoms with E-state index in [0.29, 0.717) is 12.8 Å². The minimum absolute atomic E-state index is 0.239. The third-order valence-electron chi connectivity index (χ3n) is 7.78. The van der Waals surface area contributed by atoms with Crippen molar-refractivity contribution in [1.29, 1.82) is 0 Å². The fourth-order valence-corrected chi connectivity index (χ4v) is 4.88. The maximum absolute atomic E-state index is 12.8. The zero-order valence-corrected chi connectivity index (χ0v) is 26.2. The molecule has 0 aromatic rings. The van der Waals surface area contributed by atoms with Gasteiger partial charge in [0, 0.05) is 0 Å². The topological polar surface area (TPSA) is 189 Å². The number of ether oxygens (including phenoxy) is 2. The van der Waals surface area contributed by atoms with E-state index < -0.39 is 74.2 Å². The fourth-order valence-electron chi connectivity index (χ4n) is 4.88. The Bertz CT molecular complexity index is 764. The number of nitrogens with one attached hydrogen (secondary N) is 1. The number of aliphatic hydroxyl groups excluding tert-OH is 7. The molecule has 0 aliphatic carbocycles. The molecule has 1 rings (SSSR count). The van der Waals surface area contributed by atoms with Gasteiger partial charge in [-0.25, -0.2) is 0 Å². The minimum Gasteiger partial charge on any atom is -0.394 e. The molecule has 0 aromatic carbocycles. The largest absolute Gasteiger partial charge is 0.394 e. The summed E-state index contributed by atoms with van der Waals surface area (Å²) >= 11 is 0. The van der Waals surface area contributed by atoms with Crippen molar-refractivity contribution in [2.75, 3.05) is 13.2 Å². The van der Waals surface area contributed by atoms with Crippen molar-refractivity contribution in [1.82, 2.24) is 5.32 Å². The zero-order chi connectivity index (χ0) is 32.0. The van der Waals surface area contributed by atoms with Crippen LogP contribution in [0.25, 0.3) is 0 Å². The number of allylic oxidation sites excluding steroid dienone is 4. The van der Waals surface area contributed by atoms with Crippen molar-refractivity contribution >= 4 is 5.91 Å². The van der Waals surface area contributed by atoms with Crippen LogP contribution in [0.15, 0.2) is 24.3 Å². The molecule has 0 radical (unpaired) electrons. The molecule has 43 heavy (non-hydrogen) atoms. The van der Waals surface area contributed by atoms with Crippen molar-refractivity contribution in [3.8, 4) is 0 Å². The van der Waals surface area contributed by atoms with E-state index in [2.05, 4.69) is 36.5 Å². The average Bonchev–Trinajstić information content (AvgIpc) is 3.00. The first-order chi connectivity index (χ1) is 20.7. The second-order valence-corrected chi connectivity index (χ2v) is 11.6. The van der Waals surface area contributed by atoms with Crippen molar-refractivity contribution in [3.05, 3.63) is 24.3 Å². The number of hydrogen-bond acceptors (Lipinski definition) is 10. The first kappa shape index (κ1) is 39.6. The van der Waals surface area contributed by atoms with Gasteiger partial charge in [-0.15, -0.1) is 0 Å². The van der Waals surface area contributed by atoms with Gasteiger partial charge < -0.3 is 50.5 Å². The third-order valence-corrected chi connectivity index (χ3v) is 7.78. The van der Waals surface area contributed by atoms with Gasteiger partial charge in [-0.3, -0.25) is 4.79 Å². The number of hydrogen-bond donors (Lipinski definition) is 8. The third kappa shape index (κ3) is 15.9. The molecule has 1 fully saturated rings. The summed E-state index contributed by atoms with van der Waals surface area (Å²) in [6, 6.07) is -1.17. The van der Waals surface area contributed by atoms with Crippen LogP contribution in [0.4, 0.5) is 0 Å². The molecule has 11 heteroatoms. The first-order valence-corrected chi connectivity index (χ1v) is 16.3. The molecule has 8 N–H and O–H groups in total. The fraction of sp³-hybridized carbons (Fsp3) is 0.844. The highest BCUT2D eigenvalue weighted by Gasteiger charge is 2.44. The summed E-state index contributed by atoms with van der Waals surface area (Å²) in [5, 5.41) is 73.8. The van der Waals surface area contributed by atoms with Crippen LogP contribution < -0.4 is 5.32 Å². The smallest absolute Gasteiger partial charge is 0.249 e. The van der Waals surface area contributed by atoms with Crippen molar-refractivity contribution < 1.29 is 50.0 Å². The molecule has 1 aliphatic heterocycles. The Hall–Kier alpha value is -1.41. The van der Waals surface area contributed by atoms with Crippen LogP contribution in [0.1, 0.15) is 104 Å². The van der Waals surface area contributed by atoms with Crippen molar-refractivity contribution in [3.63, 3.8) is 0 Å². The zero-order valence-electron chi connectivity index (χ0n) is 26.2. The standard InChI is InChI=1S/C32H59NO10/c1-3-5-7-8-9-10-11-12-13-14-15-16-17-18-20-25(36)31(41)33-23(27(37)24(35)19-6-4-2)22-42-32-30(40)29(39)28(38)26(21-34)43-32/h9-12,23-30,32,34-40H,3-8,13-22H2,1-2H3,(H,33,41)/b10-9-,12-11-. The summed E-state index contributed by atoms with van der Waals surface area (Å²) in [6.45, 7) is 3.06. The van der Waals surface area contributed by atoms with Gasteiger partial charge in [-0.1, -0.05) is 89.5 Å². The van der Waals surface area contributed by atoms with Crippen LogP contribution in [0.5, 0.6) is 0 Å². The SMILES string of the molecule is CCCCC/C=C\C=C/CCCCCCCC(O)C(=O)NC(COC1OC(CO)C(O)C(O)C1O)C(O)C(O)CCCC. The maximum atomic E-state index is 12.8. The van der Waals surface area contributed by atoms with Crippen LogP contribution in [-0.2, 0) is 14.3 Å². The predicted octanol–water partition coefficient (Wildman–Crippen LogP) is 1.98. The minimum atomic E-state index is -1.66. The van der Waals surface area contributed by atoms with Crippen LogP contribution in [0, 0.1) is 0 Å². The lowest BCUT2D eigenvalue weighted by molar-refractivity contribution is -0.303. The summed E-state index contributed by atoms with van der Waals surface area (Å²) in [5.74, 6) is -0.725. The van der Waals surface area contributed by atoms with Crippen LogP contribution in [0.3, 0.4) is 0 Å². The normalized spacial score (nSPS) is 25.7. The molecule has 0 bridgehead atoms. The van der Waals surface area contributed by atoms with Crippen molar-refractivity contribution in [2.24, 2.45) is 0 Å². The predicted molar refractivity (Wildman–Crippen MR) is 164 cm³/mol. The van der Waals surface area contributed by atoms with Gasteiger partial charge in [-0.05, 0) is 38.5 Å². The van der Waals surface area contributed by atoms with Gasteiger partial charge in [0.05, 0.1) is 25.4 Å². The number of amides is 1. The number of aliphatic hydroxyl groups is 7. The Morgan fingerprint density at radius 1 is 0.814 bits per heavy atom. The Kier molecular flexibility index (Phi) is 22.0. The van der Waals surface area contributed by atoms with E-state index >= 15 is 0 Å². The molecule has 1 amide bonds. The van der Waals surface area contributed by atoms with Crippen LogP contribution in [0.2, 0.25) is 0 Å². The van der Waals surface area contributed by atoms with E-state index in [0.717, 1.165) is 44.9 Å². The molecule has 252 valence electrons. The van der Waals surface area contributed by atoms with Gasteiger partial charge in [0.25, 0.3) is 0 Å². The molecule has 9 atom stereocenters. The van der Waals surface area contributed by atoms with E-state index in [1.807, 2.05) is 6.92 Å². The first-order valence-electron chi connectivity index (χ1n) is 16.3. The average molecular weight is 618 g/mol. The Morgan fingerprint density at radius 2 is 1.42 bits per heavy atom. The Balaban J connectivity index is 2.50. The summed E-state index contributed by atoms with van der Waals surface area (Å²) in [7, 11) is 0. The molecule has 9 unspecified atom stereocenters. The second-order valence-electron chi connectivity index (χ2n) is 11.6. The van der Waals surface area contributed by atoms with E-state index in [1.165, 1.54) is 19.3 Å². The lowest BCUT2D eigenvalue weighted by Gasteiger charge is -2.40. The summed E-state index contributed by atoms with van der Waals surface area (Å²) in [4.78, 5) is 12.8. The van der Waals surface area contributed by atoms with Gasteiger partial charge in [-0.2, -0.15) is 0 Å². The Morgan fingerprint density at radius 3 is 2.05 bits per heavy atom. The van der Waals surface area contributed by atoms with Gasteiger partial charge in [0.2, 0.25) is 5.91 Å². The molecule has 0 aromatic heterocycles. The Labute approximate surface area is 257 Å². The summed E-state index contributed by atoms with van der Waals surface area (Å²) in [6.07, 6.45) is 9.61. The summed E-state index contributed by atoms with van der Waals surface area (Å²) < 4.78 is 10.8. The highest BCUT2D eigenvalue weighted by Crippen LogP contribution is 2.22. The van der Waals surface area contributed by atoms with Gasteiger partial charge >= 0.3 is 0 Å². The molecule has 11 nitrogen and oxygen atoms in total. The molecular formula is C32H59NO10. The summed E-state index contributed by atoms with van der Waals surface area (Å²) in [5.41, 5.74) is 0. The number of carbonyl (C=O) groups excluding carboxylic acids is 1. The van der Waals surface area contributed by atoms with E-state index in [1.54, 1.807) is 0 Å². The number of unbranched alkanes of at least 4 members (excludes halogenated alkanes) is 9. The monoisotopic (exact) mass is 617 g/mol. The van der Waals surface area contributed by atoms with Gasteiger partial charge in [0.15, 0.2) is 6.29 Å². The number of carbonyl (C=O) groups is 1. The van der Waals surface area contributed by atoms with Crippen LogP contribution >= 0.6 is 0 Å². The van der Waals surface area contributed by atoms with Crippen molar-refractivity contribution in [2.45, 2.75) is 159 Å². The molecule has 1 aliphatic rings. The maximum Gasteiger partial charge on any atom is 0.249 e. The highest BCUT2D eigenvalue weighted by molar-refractivity contribution is 5.80. The lowest BCUT2D eigenvalue weighted by Crippen LogP contribution is -2.60. The quantitative estimate of drug-likeness (QED) is 0.0587. The van der Waals surface area contributed by atoms with E-state index in [9.17, 15) is 40.5 Å². The molecule has 0 saturated carbocycles. The molecule has 0 spiro atoms. The second kappa shape index (κ2) is 23.9. The molecule has 1 heterocycles.